The molecule has 0 aliphatic carbocycles. The first-order valence-corrected chi connectivity index (χ1v) is 9.11. The Morgan fingerprint density at radius 1 is 0.667 bits per heavy atom. The lowest BCUT2D eigenvalue weighted by atomic mass is 9.90. The van der Waals surface area contributed by atoms with Crippen molar-refractivity contribution in [1.82, 2.24) is 0 Å². The molecule has 0 aromatic heterocycles. The summed E-state index contributed by atoms with van der Waals surface area (Å²) in [5.74, 6) is -37.4. The van der Waals surface area contributed by atoms with Gasteiger partial charge in [0.25, 0.3) is 0 Å². The number of hydrogen-bond acceptors (Lipinski definition) is 2. The SMILES string of the molecule is CCN(CC)c1ccc(C(O)CC(F)(F)C(F)(F)C(F)(F)C(F)(F)C(F)(F)C(F)(F)F)cc1. The zero-order valence-electron chi connectivity index (χ0n) is 16.8. The van der Waals surface area contributed by atoms with Crippen LogP contribution in [0.15, 0.2) is 24.3 Å². The van der Waals surface area contributed by atoms with Crippen LogP contribution in [0.2, 0.25) is 0 Å². The summed E-state index contributed by atoms with van der Waals surface area (Å²) >= 11 is 0. The predicted molar refractivity (Wildman–Crippen MR) is 90.4 cm³/mol. The maximum absolute atomic E-state index is 13.9. The van der Waals surface area contributed by atoms with Crippen molar-refractivity contribution in [2.45, 2.75) is 62.2 Å². The van der Waals surface area contributed by atoms with E-state index in [9.17, 15) is 62.2 Å². The van der Waals surface area contributed by atoms with E-state index in [4.69, 9.17) is 0 Å². The summed E-state index contributed by atoms with van der Waals surface area (Å²) in [6, 6.07) is 4.32. The highest BCUT2D eigenvalue weighted by Gasteiger charge is 2.90. The van der Waals surface area contributed by atoms with Crippen LogP contribution in [-0.4, -0.2) is 54.0 Å². The molecule has 1 unspecified atom stereocenters. The highest BCUT2D eigenvalue weighted by molar-refractivity contribution is 5.47. The molecule has 192 valence electrons. The van der Waals surface area contributed by atoms with Gasteiger partial charge in [-0.1, -0.05) is 12.1 Å². The molecule has 1 aromatic carbocycles. The molecular weight excluding hydrogens is 493 g/mol. The lowest BCUT2D eigenvalue weighted by molar-refractivity contribution is -0.440. The molecule has 0 amide bonds. The lowest BCUT2D eigenvalue weighted by Gasteiger charge is -2.40. The molecule has 0 radical (unpaired) electrons. The Morgan fingerprint density at radius 2 is 1.06 bits per heavy atom. The van der Waals surface area contributed by atoms with Crippen molar-refractivity contribution in [3.05, 3.63) is 29.8 Å². The molecule has 1 rings (SSSR count). The quantitative estimate of drug-likeness (QED) is 0.354. The predicted octanol–water partition coefficient (Wildman–Crippen LogP) is 6.70. The van der Waals surface area contributed by atoms with Gasteiger partial charge in [0.05, 0.1) is 6.10 Å². The number of nitrogens with zero attached hydrogens (tertiary/aromatic N) is 1. The third kappa shape index (κ3) is 4.83. The van der Waals surface area contributed by atoms with Crippen LogP contribution in [0, 0.1) is 0 Å². The number of alkyl halides is 13. The number of aliphatic hydroxyl groups excluding tert-OH is 1. The average molecular weight is 511 g/mol. The summed E-state index contributed by atoms with van der Waals surface area (Å²) in [6.07, 6.45) is -12.8. The van der Waals surface area contributed by atoms with E-state index in [0.29, 0.717) is 18.8 Å². The highest BCUT2D eigenvalue weighted by Crippen LogP contribution is 2.61. The van der Waals surface area contributed by atoms with Crippen LogP contribution in [-0.2, 0) is 0 Å². The Hall–Kier alpha value is -1.93. The van der Waals surface area contributed by atoms with Gasteiger partial charge in [-0.2, -0.15) is 57.1 Å². The van der Waals surface area contributed by atoms with Crippen LogP contribution in [0.3, 0.4) is 0 Å². The summed E-state index contributed by atoms with van der Waals surface area (Å²) in [5, 5.41) is 9.73. The van der Waals surface area contributed by atoms with Gasteiger partial charge in [0.1, 0.15) is 0 Å². The van der Waals surface area contributed by atoms with Gasteiger partial charge in [-0.25, -0.2) is 0 Å². The fourth-order valence-corrected chi connectivity index (χ4v) is 2.79. The Morgan fingerprint density at radius 3 is 1.42 bits per heavy atom. The van der Waals surface area contributed by atoms with Gasteiger partial charge >= 0.3 is 35.8 Å². The van der Waals surface area contributed by atoms with Gasteiger partial charge < -0.3 is 10.0 Å². The third-order valence-electron chi connectivity index (χ3n) is 4.85. The fourth-order valence-electron chi connectivity index (χ4n) is 2.79. The van der Waals surface area contributed by atoms with Gasteiger partial charge in [-0.05, 0) is 31.5 Å². The fraction of sp³-hybridized carbons (Fsp3) is 0.667. The standard InChI is InChI=1S/C18H18F13NO/c1-3-32(4-2)11-7-5-10(6-8-11)12(33)9-13(19,20)14(21,22)15(23,24)16(25,26)17(27,28)18(29,30)31/h5-8,12,33H,3-4,9H2,1-2H3. The van der Waals surface area contributed by atoms with Crippen molar-refractivity contribution in [1.29, 1.82) is 0 Å². The van der Waals surface area contributed by atoms with Crippen LogP contribution in [0.25, 0.3) is 0 Å². The molecule has 1 N–H and O–H groups in total. The van der Waals surface area contributed by atoms with Crippen molar-refractivity contribution >= 4 is 5.69 Å². The minimum atomic E-state index is -7.96. The molecule has 0 bridgehead atoms. The monoisotopic (exact) mass is 511 g/mol. The second-order valence-corrected chi connectivity index (χ2v) is 6.98. The lowest BCUT2D eigenvalue weighted by Crippen LogP contribution is -2.70. The Labute approximate surface area is 179 Å². The van der Waals surface area contributed by atoms with E-state index in [-0.39, 0.29) is 0 Å². The number of anilines is 1. The van der Waals surface area contributed by atoms with E-state index in [1.54, 1.807) is 18.7 Å². The zero-order chi connectivity index (χ0) is 26.3. The van der Waals surface area contributed by atoms with Crippen molar-refractivity contribution in [2.24, 2.45) is 0 Å². The van der Waals surface area contributed by atoms with Crippen LogP contribution >= 0.6 is 0 Å². The van der Waals surface area contributed by atoms with Gasteiger partial charge in [-0.15, -0.1) is 0 Å². The minimum Gasteiger partial charge on any atom is -0.388 e. The largest absolute Gasteiger partial charge is 0.460 e. The highest BCUT2D eigenvalue weighted by atomic mass is 19.4. The van der Waals surface area contributed by atoms with E-state index in [1.807, 2.05) is 0 Å². The topological polar surface area (TPSA) is 23.5 Å². The van der Waals surface area contributed by atoms with E-state index in [1.165, 1.54) is 12.1 Å². The number of hydrogen-bond donors (Lipinski definition) is 1. The second kappa shape index (κ2) is 9.02. The van der Waals surface area contributed by atoms with Crippen LogP contribution < -0.4 is 4.90 Å². The van der Waals surface area contributed by atoms with Crippen LogP contribution in [0.5, 0.6) is 0 Å². The molecule has 0 saturated carbocycles. The van der Waals surface area contributed by atoms with Crippen molar-refractivity contribution in [3.63, 3.8) is 0 Å². The zero-order valence-corrected chi connectivity index (χ0v) is 16.8. The number of rotatable bonds is 10. The summed E-state index contributed by atoms with van der Waals surface area (Å²) in [4.78, 5) is 1.72. The maximum atomic E-state index is 13.9. The molecular formula is C18H18F13NO. The van der Waals surface area contributed by atoms with E-state index in [2.05, 4.69) is 0 Å². The van der Waals surface area contributed by atoms with E-state index >= 15 is 0 Å². The molecule has 1 aromatic rings. The van der Waals surface area contributed by atoms with E-state index in [0.717, 1.165) is 12.1 Å². The molecule has 33 heavy (non-hydrogen) atoms. The normalized spacial score (nSPS) is 15.5. The van der Waals surface area contributed by atoms with Gasteiger partial charge in [-0.3, -0.25) is 0 Å². The molecule has 0 aliphatic heterocycles. The summed E-state index contributed by atoms with van der Waals surface area (Å²) in [7, 11) is 0. The Bertz CT molecular complexity index is 786. The second-order valence-electron chi connectivity index (χ2n) is 6.98. The number of halogens is 13. The van der Waals surface area contributed by atoms with Gasteiger partial charge in [0.2, 0.25) is 0 Å². The van der Waals surface area contributed by atoms with Crippen molar-refractivity contribution < 1.29 is 62.2 Å². The van der Waals surface area contributed by atoms with Crippen molar-refractivity contribution in [3.8, 4) is 0 Å². The molecule has 0 fully saturated rings. The number of benzene rings is 1. The maximum Gasteiger partial charge on any atom is 0.460 e. The molecule has 0 heterocycles. The minimum absolute atomic E-state index is 0.480. The number of aliphatic hydroxyl groups is 1. The average Bonchev–Trinajstić information content (AvgIpc) is 2.67. The first-order chi connectivity index (χ1) is 14.6. The molecule has 2 nitrogen and oxygen atoms in total. The molecule has 1 atom stereocenters. The Kier molecular flexibility index (Phi) is 7.96. The van der Waals surface area contributed by atoms with Gasteiger partial charge in [0, 0.05) is 25.2 Å². The Balaban J connectivity index is 3.27. The summed E-state index contributed by atoms with van der Waals surface area (Å²) in [5.41, 5.74) is -0.0781. The summed E-state index contributed by atoms with van der Waals surface area (Å²) in [6.45, 7) is 4.45. The van der Waals surface area contributed by atoms with Crippen LogP contribution in [0.4, 0.5) is 62.8 Å². The summed E-state index contributed by atoms with van der Waals surface area (Å²) < 4.78 is 171. The third-order valence-corrected chi connectivity index (χ3v) is 4.85. The van der Waals surface area contributed by atoms with E-state index < -0.39 is 53.9 Å². The molecule has 0 aliphatic rings. The smallest absolute Gasteiger partial charge is 0.388 e. The van der Waals surface area contributed by atoms with Crippen molar-refractivity contribution in [2.75, 3.05) is 18.0 Å². The first-order valence-electron chi connectivity index (χ1n) is 9.11. The van der Waals surface area contributed by atoms with Gasteiger partial charge in [0.15, 0.2) is 0 Å². The first kappa shape index (κ1) is 29.1. The molecule has 0 spiro atoms. The molecule has 0 saturated heterocycles. The van der Waals surface area contributed by atoms with Crippen LogP contribution in [0.1, 0.15) is 31.9 Å². The molecule has 15 heteroatoms.